The summed E-state index contributed by atoms with van der Waals surface area (Å²) in [5, 5.41) is 6.76. The molecule has 1 aliphatic heterocycles. The molecule has 0 atom stereocenters. The van der Waals surface area contributed by atoms with Gasteiger partial charge in [0.1, 0.15) is 17.8 Å². The first kappa shape index (κ1) is 18.6. The molecule has 0 radical (unpaired) electrons. The summed E-state index contributed by atoms with van der Waals surface area (Å²) in [7, 11) is 3.20. The largest absolute Gasteiger partial charge is 0.483 e. The van der Waals surface area contributed by atoms with Gasteiger partial charge in [0.15, 0.2) is 11.5 Å². The summed E-state index contributed by atoms with van der Waals surface area (Å²) in [4.78, 5) is 12.1. The van der Waals surface area contributed by atoms with Crippen molar-refractivity contribution in [2.75, 3.05) is 20.3 Å². The summed E-state index contributed by atoms with van der Waals surface area (Å²) >= 11 is 0. The summed E-state index contributed by atoms with van der Waals surface area (Å²) < 4.78 is 18.3. The Morgan fingerprint density at radius 3 is 3.00 bits per heavy atom. The van der Waals surface area contributed by atoms with Gasteiger partial charge in [0, 0.05) is 25.2 Å². The van der Waals surface area contributed by atoms with Crippen LogP contribution >= 0.6 is 0 Å². The van der Waals surface area contributed by atoms with E-state index in [0.29, 0.717) is 11.3 Å². The lowest BCUT2D eigenvalue weighted by Crippen LogP contribution is -2.24. The Morgan fingerprint density at radius 1 is 1.41 bits per heavy atom. The van der Waals surface area contributed by atoms with Gasteiger partial charge in [-0.2, -0.15) is 0 Å². The van der Waals surface area contributed by atoms with Crippen LogP contribution in [0.2, 0.25) is 0 Å². The zero-order valence-corrected chi connectivity index (χ0v) is 16.0. The monoisotopic (exact) mass is 369 g/mol. The fourth-order valence-corrected chi connectivity index (χ4v) is 2.92. The smallest absolute Gasteiger partial charge is 0.259 e. The first-order valence-corrected chi connectivity index (χ1v) is 8.65. The van der Waals surface area contributed by atoms with Crippen LogP contribution in [0.25, 0.3) is 0 Å². The molecule has 1 amide bonds. The Labute approximate surface area is 158 Å². The molecule has 3 rings (SSSR count). The van der Waals surface area contributed by atoms with E-state index in [2.05, 4.69) is 36.1 Å². The molecule has 0 fully saturated rings. The molecule has 0 saturated carbocycles. The van der Waals surface area contributed by atoms with Gasteiger partial charge in [-0.25, -0.2) is 0 Å². The van der Waals surface area contributed by atoms with E-state index < -0.39 is 0 Å². The van der Waals surface area contributed by atoms with Crippen molar-refractivity contribution in [2.24, 2.45) is 7.05 Å². The highest BCUT2D eigenvalue weighted by molar-refractivity contribution is 5.96. The zero-order chi connectivity index (χ0) is 19.4. The first-order valence-electron chi connectivity index (χ1n) is 8.65. The number of aryl methyl sites for hydroxylation is 1. The zero-order valence-electron chi connectivity index (χ0n) is 16.0. The fraction of sp³-hybridized carbons (Fsp3) is 0.400. The van der Waals surface area contributed by atoms with Crippen molar-refractivity contribution in [1.29, 1.82) is 0 Å². The first-order chi connectivity index (χ1) is 12.9. The molecule has 0 bridgehead atoms. The lowest BCUT2D eigenvalue weighted by molar-refractivity contribution is 0.0955. The molecular formula is C20H23N3O4. The Morgan fingerprint density at radius 2 is 2.22 bits per heavy atom. The predicted octanol–water partition coefficient (Wildman–Crippen LogP) is 1.95. The minimum absolute atomic E-state index is 0.205. The molecule has 27 heavy (non-hydrogen) atoms. The number of aromatic nitrogens is 2. The highest BCUT2D eigenvalue weighted by Crippen LogP contribution is 2.41. The number of ether oxygens (including phenoxy) is 3. The third-order valence-electron chi connectivity index (χ3n) is 4.05. The van der Waals surface area contributed by atoms with Crippen molar-refractivity contribution in [1.82, 2.24) is 15.1 Å². The van der Waals surface area contributed by atoms with Crippen LogP contribution in [0.3, 0.4) is 0 Å². The minimum Gasteiger partial charge on any atom is -0.483 e. The Balaban J connectivity index is 1.50. The maximum atomic E-state index is 12.1. The number of para-hydroxylation sites is 1. The average molecular weight is 369 g/mol. The predicted molar refractivity (Wildman–Crippen MR) is 100 cm³/mol. The van der Waals surface area contributed by atoms with Crippen LogP contribution in [0.1, 0.15) is 29.8 Å². The van der Waals surface area contributed by atoms with E-state index in [9.17, 15) is 4.79 Å². The van der Waals surface area contributed by atoms with Crippen molar-refractivity contribution >= 4 is 5.91 Å². The normalized spacial score (nSPS) is 13.8. The number of carbonyl (C=O) groups excluding carboxylic acids is 1. The second-order valence-corrected chi connectivity index (χ2v) is 6.83. The van der Waals surface area contributed by atoms with E-state index in [-0.39, 0.29) is 30.5 Å². The maximum absolute atomic E-state index is 12.1. The number of rotatable bonds is 5. The molecule has 0 spiro atoms. The molecule has 2 aromatic rings. The lowest BCUT2D eigenvalue weighted by Gasteiger charge is -2.17. The van der Waals surface area contributed by atoms with E-state index in [1.807, 2.05) is 18.2 Å². The summed E-state index contributed by atoms with van der Waals surface area (Å²) in [6.07, 6.45) is 2.46. The quantitative estimate of drug-likeness (QED) is 0.816. The average Bonchev–Trinajstić information content (AvgIpc) is 3.15. The number of hydrogen-bond donors (Lipinski definition) is 1. The topological polar surface area (TPSA) is 74.6 Å². The molecule has 7 heteroatoms. The second-order valence-electron chi connectivity index (χ2n) is 6.83. The van der Waals surface area contributed by atoms with Crippen molar-refractivity contribution in [3.05, 3.63) is 35.5 Å². The van der Waals surface area contributed by atoms with Gasteiger partial charge in [-0.15, -0.1) is 5.10 Å². The fourth-order valence-electron chi connectivity index (χ4n) is 2.92. The third kappa shape index (κ3) is 4.34. The summed E-state index contributed by atoms with van der Waals surface area (Å²) in [5.74, 6) is 7.24. The Kier molecular flexibility index (Phi) is 5.26. The SMILES string of the molecule is COc1nn(C)cc1C(=O)NCC#CCOc1cccc2c1OC(C)(C)C2. The van der Waals surface area contributed by atoms with Crippen molar-refractivity contribution in [3.8, 4) is 29.2 Å². The van der Waals surface area contributed by atoms with Gasteiger partial charge in [-0.3, -0.25) is 9.48 Å². The summed E-state index contributed by atoms with van der Waals surface area (Å²) in [6.45, 7) is 4.52. The molecule has 7 nitrogen and oxygen atoms in total. The number of nitrogens with zero attached hydrogens (tertiary/aromatic N) is 2. The van der Waals surface area contributed by atoms with Crippen LogP contribution < -0.4 is 19.5 Å². The molecule has 1 N–H and O–H groups in total. The van der Waals surface area contributed by atoms with Crippen molar-refractivity contribution in [2.45, 2.75) is 25.9 Å². The van der Waals surface area contributed by atoms with E-state index in [1.54, 1.807) is 13.2 Å². The maximum Gasteiger partial charge on any atom is 0.259 e. The van der Waals surface area contributed by atoms with Crippen LogP contribution in [0, 0.1) is 11.8 Å². The molecule has 2 heterocycles. The highest BCUT2D eigenvalue weighted by Gasteiger charge is 2.32. The van der Waals surface area contributed by atoms with Gasteiger partial charge >= 0.3 is 0 Å². The number of methoxy groups -OCH3 is 1. The molecule has 0 aliphatic carbocycles. The summed E-state index contributed by atoms with van der Waals surface area (Å²) in [6, 6.07) is 5.87. The van der Waals surface area contributed by atoms with Gasteiger partial charge in [-0.1, -0.05) is 24.0 Å². The van der Waals surface area contributed by atoms with E-state index in [0.717, 1.165) is 17.7 Å². The number of amides is 1. The van der Waals surface area contributed by atoms with E-state index in [4.69, 9.17) is 14.2 Å². The molecule has 1 aliphatic rings. The third-order valence-corrected chi connectivity index (χ3v) is 4.05. The number of fused-ring (bicyclic) bond motifs is 1. The number of nitrogens with one attached hydrogen (secondary N) is 1. The summed E-state index contributed by atoms with van der Waals surface area (Å²) in [5.41, 5.74) is 1.30. The van der Waals surface area contributed by atoms with Crippen LogP contribution in [0.5, 0.6) is 17.4 Å². The van der Waals surface area contributed by atoms with Crippen LogP contribution in [-0.2, 0) is 13.5 Å². The number of benzene rings is 1. The van der Waals surface area contributed by atoms with Gasteiger partial charge in [0.25, 0.3) is 5.91 Å². The highest BCUT2D eigenvalue weighted by atomic mass is 16.5. The number of hydrogen-bond acceptors (Lipinski definition) is 5. The molecule has 142 valence electrons. The van der Waals surface area contributed by atoms with E-state index >= 15 is 0 Å². The molecular weight excluding hydrogens is 346 g/mol. The molecule has 1 aromatic carbocycles. The lowest BCUT2D eigenvalue weighted by atomic mass is 10.0. The molecule has 0 unspecified atom stereocenters. The van der Waals surface area contributed by atoms with Gasteiger partial charge in [0.2, 0.25) is 5.88 Å². The van der Waals surface area contributed by atoms with Gasteiger partial charge in [0.05, 0.1) is 13.7 Å². The minimum atomic E-state index is -0.285. The van der Waals surface area contributed by atoms with Gasteiger partial charge < -0.3 is 19.5 Å². The van der Waals surface area contributed by atoms with E-state index in [1.165, 1.54) is 11.8 Å². The molecule has 1 aromatic heterocycles. The number of carbonyl (C=O) groups is 1. The standard InChI is InChI=1S/C20H23N3O4/c1-20(2)12-14-8-7-9-16(17(14)27-20)26-11-6-5-10-21-18(24)15-13-23(3)22-19(15)25-4/h7-9,13H,10-12H2,1-4H3,(H,21,24). The van der Waals surface area contributed by atoms with Gasteiger partial charge in [-0.05, 0) is 19.9 Å². The Bertz CT molecular complexity index is 906. The van der Waals surface area contributed by atoms with Crippen LogP contribution in [0.15, 0.2) is 24.4 Å². The van der Waals surface area contributed by atoms with Crippen LogP contribution in [0.4, 0.5) is 0 Å². The molecule has 0 saturated heterocycles. The second kappa shape index (κ2) is 7.62. The van der Waals surface area contributed by atoms with Crippen molar-refractivity contribution in [3.63, 3.8) is 0 Å². The van der Waals surface area contributed by atoms with Crippen molar-refractivity contribution < 1.29 is 19.0 Å². The van der Waals surface area contributed by atoms with Crippen LogP contribution in [-0.4, -0.2) is 41.6 Å². The Hall–Kier alpha value is -3.14.